The molecule has 2 atom stereocenters. The molecule has 104 valence electrons. The first-order valence-corrected chi connectivity index (χ1v) is 8.58. The summed E-state index contributed by atoms with van der Waals surface area (Å²) in [6.07, 6.45) is 1.72. The maximum atomic E-state index is 11.6. The van der Waals surface area contributed by atoms with E-state index in [1.807, 2.05) is 13.0 Å². The highest BCUT2D eigenvalue weighted by atomic mass is 32.2. The lowest BCUT2D eigenvalue weighted by molar-refractivity contribution is 0.388. The van der Waals surface area contributed by atoms with Crippen LogP contribution in [0.2, 0.25) is 0 Å². The van der Waals surface area contributed by atoms with Crippen molar-refractivity contribution >= 4 is 15.5 Å². The Labute approximate surface area is 114 Å². The van der Waals surface area contributed by atoms with Gasteiger partial charge in [-0.2, -0.15) is 0 Å². The zero-order valence-electron chi connectivity index (χ0n) is 11.1. The van der Waals surface area contributed by atoms with Crippen LogP contribution in [-0.2, 0) is 16.3 Å². The zero-order valence-corrected chi connectivity index (χ0v) is 12.0. The minimum atomic E-state index is -2.84. The van der Waals surface area contributed by atoms with Crippen LogP contribution in [0.3, 0.4) is 0 Å². The molecular formula is C14H20N2O2S. The Hall–Kier alpha value is -1.07. The standard InChI is InChI=1S/C14H20N2O2S/c1-14(6-7-19(17,18)10-14)15-9-12-8-11-4-2-3-5-13(11)16-12/h2-5,12,15-16H,6-10H2,1H3. The third-order valence-electron chi connectivity index (χ3n) is 4.12. The fourth-order valence-corrected chi connectivity index (χ4v) is 5.14. The fraction of sp³-hybridized carbons (Fsp3) is 0.571. The first kappa shape index (κ1) is 12.9. The first-order chi connectivity index (χ1) is 8.96. The molecule has 3 rings (SSSR count). The summed E-state index contributed by atoms with van der Waals surface area (Å²) in [7, 11) is -2.84. The van der Waals surface area contributed by atoms with E-state index in [9.17, 15) is 8.42 Å². The van der Waals surface area contributed by atoms with Gasteiger partial charge in [0.15, 0.2) is 9.84 Å². The number of nitrogens with one attached hydrogen (secondary N) is 2. The molecule has 5 heteroatoms. The van der Waals surface area contributed by atoms with Gasteiger partial charge in [-0.05, 0) is 31.4 Å². The average molecular weight is 280 g/mol. The Kier molecular flexibility index (Phi) is 3.06. The maximum absolute atomic E-state index is 11.6. The second-order valence-electron chi connectivity index (χ2n) is 5.99. The molecule has 0 bridgehead atoms. The molecule has 2 N–H and O–H groups in total. The number of para-hydroxylation sites is 1. The quantitative estimate of drug-likeness (QED) is 0.873. The van der Waals surface area contributed by atoms with Crippen molar-refractivity contribution in [2.75, 3.05) is 23.4 Å². The molecule has 0 aromatic heterocycles. The number of fused-ring (bicyclic) bond motifs is 1. The van der Waals surface area contributed by atoms with Crippen molar-refractivity contribution in [3.05, 3.63) is 29.8 Å². The molecule has 19 heavy (non-hydrogen) atoms. The van der Waals surface area contributed by atoms with Gasteiger partial charge < -0.3 is 10.6 Å². The Morgan fingerprint density at radius 1 is 1.42 bits per heavy atom. The van der Waals surface area contributed by atoms with E-state index in [4.69, 9.17) is 0 Å². The van der Waals surface area contributed by atoms with Gasteiger partial charge >= 0.3 is 0 Å². The van der Waals surface area contributed by atoms with Crippen LogP contribution in [0.5, 0.6) is 0 Å². The van der Waals surface area contributed by atoms with Crippen LogP contribution in [0.25, 0.3) is 0 Å². The monoisotopic (exact) mass is 280 g/mol. The van der Waals surface area contributed by atoms with Crippen molar-refractivity contribution < 1.29 is 8.42 Å². The smallest absolute Gasteiger partial charge is 0.152 e. The number of anilines is 1. The van der Waals surface area contributed by atoms with E-state index in [-0.39, 0.29) is 11.3 Å². The molecule has 0 saturated carbocycles. The molecular weight excluding hydrogens is 260 g/mol. The lowest BCUT2D eigenvalue weighted by Crippen LogP contribution is -2.47. The molecule has 0 aliphatic carbocycles. The van der Waals surface area contributed by atoms with Crippen molar-refractivity contribution in [1.82, 2.24) is 5.32 Å². The Bertz CT molecular complexity index is 560. The van der Waals surface area contributed by atoms with E-state index in [2.05, 4.69) is 28.8 Å². The van der Waals surface area contributed by atoms with Crippen LogP contribution < -0.4 is 10.6 Å². The highest BCUT2D eigenvalue weighted by Crippen LogP contribution is 2.26. The topological polar surface area (TPSA) is 58.2 Å². The summed E-state index contributed by atoms with van der Waals surface area (Å²) in [5.41, 5.74) is 2.30. The Morgan fingerprint density at radius 3 is 2.89 bits per heavy atom. The minimum absolute atomic E-state index is 0.255. The van der Waals surface area contributed by atoms with E-state index in [0.717, 1.165) is 19.4 Å². The summed E-state index contributed by atoms with van der Waals surface area (Å²) < 4.78 is 23.1. The van der Waals surface area contributed by atoms with Crippen LogP contribution in [0.1, 0.15) is 18.9 Å². The molecule has 2 aliphatic rings. The predicted molar refractivity (Wildman–Crippen MR) is 77.2 cm³/mol. The van der Waals surface area contributed by atoms with Crippen molar-refractivity contribution in [1.29, 1.82) is 0 Å². The number of rotatable bonds is 3. The van der Waals surface area contributed by atoms with E-state index in [1.165, 1.54) is 11.3 Å². The van der Waals surface area contributed by atoms with Crippen LogP contribution in [0, 0.1) is 0 Å². The van der Waals surface area contributed by atoms with E-state index in [1.54, 1.807) is 0 Å². The van der Waals surface area contributed by atoms with Crippen LogP contribution in [-0.4, -0.2) is 38.0 Å². The van der Waals surface area contributed by atoms with E-state index < -0.39 is 9.84 Å². The number of hydrogen-bond acceptors (Lipinski definition) is 4. The van der Waals surface area contributed by atoms with Crippen molar-refractivity contribution in [3.63, 3.8) is 0 Å². The predicted octanol–water partition coefficient (Wildman–Crippen LogP) is 1.19. The lowest BCUT2D eigenvalue weighted by Gasteiger charge is -2.26. The van der Waals surface area contributed by atoms with Crippen molar-refractivity contribution in [3.8, 4) is 0 Å². The number of benzene rings is 1. The molecule has 1 aromatic carbocycles. The van der Waals surface area contributed by atoms with Crippen molar-refractivity contribution in [2.45, 2.75) is 31.3 Å². The number of hydrogen-bond donors (Lipinski definition) is 2. The average Bonchev–Trinajstić information content (AvgIpc) is 2.88. The van der Waals surface area contributed by atoms with Crippen molar-refractivity contribution in [2.24, 2.45) is 0 Å². The fourth-order valence-electron chi connectivity index (χ4n) is 3.02. The molecule has 1 saturated heterocycles. The normalized spacial score (nSPS) is 31.9. The molecule has 2 unspecified atom stereocenters. The van der Waals surface area contributed by atoms with Gasteiger partial charge in [0.2, 0.25) is 0 Å². The third-order valence-corrected chi connectivity index (χ3v) is 6.02. The Morgan fingerprint density at radius 2 is 2.21 bits per heavy atom. The van der Waals surface area contributed by atoms with Crippen LogP contribution in [0.15, 0.2) is 24.3 Å². The summed E-state index contributed by atoms with van der Waals surface area (Å²) in [5.74, 6) is 0.578. The second-order valence-corrected chi connectivity index (χ2v) is 8.17. The van der Waals surface area contributed by atoms with Gasteiger partial charge in [0, 0.05) is 23.8 Å². The maximum Gasteiger partial charge on any atom is 0.152 e. The first-order valence-electron chi connectivity index (χ1n) is 6.76. The second kappa shape index (κ2) is 4.49. The van der Waals surface area contributed by atoms with E-state index >= 15 is 0 Å². The van der Waals surface area contributed by atoms with Gasteiger partial charge in [-0.1, -0.05) is 18.2 Å². The third kappa shape index (κ3) is 2.77. The molecule has 0 radical (unpaired) electrons. The molecule has 4 nitrogen and oxygen atoms in total. The minimum Gasteiger partial charge on any atom is -0.380 e. The number of sulfone groups is 1. The molecule has 2 heterocycles. The van der Waals surface area contributed by atoms with E-state index in [0.29, 0.717) is 11.8 Å². The lowest BCUT2D eigenvalue weighted by atomic mass is 10.0. The van der Waals surface area contributed by atoms with Crippen LogP contribution >= 0.6 is 0 Å². The van der Waals surface area contributed by atoms with Gasteiger partial charge in [-0.3, -0.25) is 0 Å². The highest BCUT2D eigenvalue weighted by Gasteiger charge is 2.38. The molecule has 2 aliphatic heterocycles. The summed E-state index contributed by atoms with van der Waals surface area (Å²) in [5, 5.41) is 6.93. The molecule has 0 spiro atoms. The molecule has 0 amide bonds. The van der Waals surface area contributed by atoms with Gasteiger partial charge in [-0.15, -0.1) is 0 Å². The Balaban J connectivity index is 1.58. The summed E-state index contributed by atoms with van der Waals surface area (Å²) in [6, 6.07) is 8.69. The highest BCUT2D eigenvalue weighted by molar-refractivity contribution is 7.91. The van der Waals surface area contributed by atoms with Gasteiger partial charge in [-0.25, -0.2) is 8.42 Å². The van der Waals surface area contributed by atoms with Gasteiger partial charge in [0.25, 0.3) is 0 Å². The molecule has 1 aromatic rings. The SMILES string of the molecule is CC1(NCC2Cc3ccccc3N2)CCS(=O)(=O)C1. The summed E-state index contributed by atoms with van der Waals surface area (Å²) >= 11 is 0. The largest absolute Gasteiger partial charge is 0.380 e. The van der Waals surface area contributed by atoms with Gasteiger partial charge in [0.05, 0.1) is 11.5 Å². The zero-order chi connectivity index (χ0) is 13.5. The van der Waals surface area contributed by atoms with Gasteiger partial charge in [0.1, 0.15) is 0 Å². The summed E-state index contributed by atoms with van der Waals surface area (Å²) in [6.45, 7) is 2.82. The summed E-state index contributed by atoms with van der Waals surface area (Å²) in [4.78, 5) is 0. The molecule has 1 fully saturated rings. The van der Waals surface area contributed by atoms with Crippen LogP contribution in [0.4, 0.5) is 5.69 Å².